The highest BCUT2D eigenvalue weighted by Gasteiger charge is 2.40. The average Bonchev–Trinajstić information content (AvgIpc) is 2.61. The van der Waals surface area contributed by atoms with E-state index in [4.69, 9.17) is 0 Å². The molecule has 3 atom stereocenters. The van der Waals surface area contributed by atoms with Crippen LogP contribution in [-0.4, -0.2) is 40.6 Å². The maximum atomic E-state index is 12.4. The molecule has 1 rings (SSSR count). The lowest BCUT2D eigenvalue weighted by Crippen LogP contribution is -2.45. The average molecular weight is 272 g/mol. The number of nitrogens with one attached hydrogen (secondary N) is 1. The quantitative estimate of drug-likeness (QED) is 0.773. The molecule has 18 heavy (non-hydrogen) atoms. The van der Waals surface area contributed by atoms with Crippen LogP contribution in [0.5, 0.6) is 0 Å². The molecule has 1 aliphatic rings. The molecular weight excluding hydrogens is 244 g/mol. The van der Waals surface area contributed by atoms with E-state index in [0.717, 1.165) is 24.3 Å². The predicted octanol–water partition coefficient (Wildman–Crippen LogP) is 2.71. The van der Waals surface area contributed by atoms with Crippen LogP contribution in [0.15, 0.2) is 0 Å². The van der Waals surface area contributed by atoms with Gasteiger partial charge in [0.1, 0.15) is 0 Å². The highest BCUT2D eigenvalue weighted by molar-refractivity contribution is 7.99. The summed E-state index contributed by atoms with van der Waals surface area (Å²) in [5.41, 5.74) is 0. The van der Waals surface area contributed by atoms with Crippen molar-refractivity contribution in [1.82, 2.24) is 10.2 Å². The second-order valence-corrected chi connectivity index (χ2v) is 6.85. The van der Waals surface area contributed by atoms with Crippen molar-refractivity contribution in [2.45, 2.75) is 65.7 Å². The van der Waals surface area contributed by atoms with E-state index in [9.17, 15) is 4.79 Å². The molecule has 3 nitrogen and oxygen atoms in total. The Bertz CT molecular complexity index is 271. The number of hydrogen-bond acceptors (Lipinski definition) is 3. The fourth-order valence-electron chi connectivity index (χ4n) is 2.53. The first-order valence-electron chi connectivity index (χ1n) is 7.17. The monoisotopic (exact) mass is 272 g/mol. The van der Waals surface area contributed by atoms with Gasteiger partial charge in [-0.1, -0.05) is 27.7 Å². The molecule has 1 heterocycles. The van der Waals surface area contributed by atoms with Crippen molar-refractivity contribution in [2.75, 3.05) is 11.5 Å². The van der Waals surface area contributed by atoms with Crippen LogP contribution in [0.4, 0.5) is 0 Å². The van der Waals surface area contributed by atoms with Crippen LogP contribution in [0.1, 0.15) is 47.5 Å². The van der Waals surface area contributed by atoms with Gasteiger partial charge in [-0.25, -0.2) is 0 Å². The van der Waals surface area contributed by atoms with E-state index in [0.29, 0.717) is 17.9 Å². The third-order valence-electron chi connectivity index (χ3n) is 3.42. The molecule has 0 aliphatic carbocycles. The van der Waals surface area contributed by atoms with Crippen molar-refractivity contribution in [2.24, 2.45) is 5.92 Å². The molecule has 3 unspecified atom stereocenters. The van der Waals surface area contributed by atoms with Gasteiger partial charge < -0.3 is 4.90 Å². The molecule has 0 spiro atoms. The standard InChI is InChI=1S/C14H28N2OS/c1-6-12-14(17)16(11(5)9-18-7-2)13(15-12)8-10(3)4/h10-13,15H,6-9H2,1-5H3. The molecule has 0 aromatic carbocycles. The van der Waals surface area contributed by atoms with E-state index >= 15 is 0 Å². The smallest absolute Gasteiger partial charge is 0.241 e. The van der Waals surface area contributed by atoms with E-state index in [1.807, 2.05) is 11.8 Å². The summed E-state index contributed by atoms with van der Waals surface area (Å²) in [5, 5.41) is 3.50. The number of nitrogens with zero attached hydrogens (tertiary/aromatic N) is 1. The van der Waals surface area contributed by atoms with E-state index < -0.39 is 0 Å². The predicted molar refractivity (Wildman–Crippen MR) is 79.8 cm³/mol. The number of hydrogen-bond donors (Lipinski definition) is 1. The zero-order valence-corrected chi connectivity index (χ0v) is 13.2. The normalized spacial score (nSPS) is 26.1. The molecule has 106 valence electrons. The van der Waals surface area contributed by atoms with Gasteiger partial charge in [-0.3, -0.25) is 10.1 Å². The van der Waals surface area contributed by atoms with Crippen molar-refractivity contribution < 1.29 is 4.79 Å². The Morgan fingerprint density at radius 1 is 1.33 bits per heavy atom. The zero-order chi connectivity index (χ0) is 13.7. The Labute approximate surface area is 116 Å². The lowest BCUT2D eigenvalue weighted by Gasteiger charge is -2.31. The zero-order valence-electron chi connectivity index (χ0n) is 12.4. The van der Waals surface area contributed by atoms with Crippen molar-refractivity contribution in [3.8, 4) is 0 Å². The fraction of sp³-hybridized carbons (Fsp3) is 0.929. The van der Waals surface area contributed by atoms with Gasteiger partial charge in [0.25, 0.3) is 0 Å². The summed E-state index contributed by atoms with van der Waals surface area (Å²) in [7, 11) is 0. The lowest BCUT2D eigenvalue weighted by molar-refractivity contribution is -0.131. The summed E-state index contributed by atoms with van der Waals surface area (Å²) >= 11 is 1.91. The summed E-state index contributed by atoms with van der Waals surface area (Å²) in [6, 6.07) is 0.359. The van der Waals surface area contributed by atoms with Crippen LogP contribution >= 0.6 is 11.8 Å². The number of rotatable bonds is 7. The summed E-state index contributed by atoms with van der Waals surface area (Å²) in [6.07, 6.45) is 2.16. The van der Waals surface area contributed by atoms with E-state index in [1.165, 1.54) is 0 Å². The molecule has 1 fully saturated rings. The number of thioether (sulfide) groups is 1. The number of carbonyl (C=O) groups is 1. The van der Waals surface area contributed by atoms with Crippen molar-refractivity contribution in [3.63, 3.8) is 0 Å². The molecular formula is C14H28N2OS. The summed E-state index contributed by atoms with van der Waals surface area (Å²) < 4.78 is 0. The molecule has 0 aromatic rings. The van der Waals surface area contributed by atoms with Gasteiger partial charge in [0.2, 0.25) is 5.91 Å². The third-order valence-corrected chi connectivity index (χ3v) is 4.55. The molecule has 1 amide bonds. The fourth-order valence-corrected chi connectivity index (χ4v) is 3.27. The van der Waals surface area contributed by atoms with Gasteiger partial charge in [0, 0.05) is 11.8 Å². The van der Waals surface area contributed by atoms with Crippen molar-refractivity contribution in [3.05, 3.63) is 0 Å². The second kappa shape index (κ2) is 7.39. The van der Waals surface area contributed by atoms with Crippen LogP contribution in [0, 0.1) is 5.92 Å². The van der Waals surface area contributed by atoms with Gasteiger partial charge in [-0.05, 0) is 31.4 Å². The maximum Gasteiger partial charge on any atom is 0.241 e. The van der Waals surface area contributed by atoms with E-state index in [2.05, 4.69) is 44.8 Å². The molecule has 0 bridgehead atoms. The first kappa shape index (κ1) is 15.8. The Balaban J connectivity index is 2.71. The first-order valence-corrected chi connectivity index (χ1v) is 8.32. The van der Waals surface area contributed by atoms with Gasteiger partial charge in [-0.2, -0.15) is 11.8 Å². The summed E-state index contributed by atoms with van der Waals surface area (Å²) in [5.74, 6) is 3.06. The first-order chi connectivity index (χ1) is 8.51. The van der Waals surface area contributed by atoms with E-state index in [1.54, 1.807) is 0 Å². The molecule has 1 saturated heterocycles. The lowest BCUT2D eigenvalue weighted by atomic mass is 10.1. The number of carbonyl (C=O) groups excluding carboxylic acids is 1. The van der Waals surface area contributed by atoms with Gasteiger partial charge >= 0.3 is 0 Å². The largest absolute Gasteiger partial charge is 0.322 e. The molecule has 1 aliphatic heterocycles. The van der Waals surface area contributed by atoms with Gasteiger partial charge in [0.15, 0.2) is 0 Å². The SMILES string of the molecule is CCSCC(C)N1C(=O)C(CC)NC1CC(C)C. The molecule has 0 saturated carbocycles. The van der Waals surface area contributed by atoms with Crippen molar-refractivity contribution in [1.29, 1.82) is 0 Å². The maximum absolute atomic E-state index is 12.4. The molecule has 4 heteroatoms. The summed E-state index contributed by atoms with van der Waals surface area (Å²) in [6.45, 7) is 10.9. The van der Waals surface area contributed by atoms with Gasteiger partial charge in [-0.15, -0.1) is 0 Å². The minimum absolute atomic E-state index is 0.0304. The topological polar surface area (TPSA) is 32.3 Å². The van der Waals surface area contributed by atoms with Crippen molar-refractivity contribution >= 4 is 17.7 Å². The highest BCUT2D eigenvalue weighted by Crippen LogP contribution is 2.23. The highest BCUT2D eigenvalue weighted by atomic mass is 32.2. The second-order valence-electron chi connectivity index (χ2n) is 5.53. The van der Waals surface area contributed by atoms with E-state index in [-0.39, 0.29) is 12.2 Å². The van der Waals surface area contributed by atoms with Gasteiger partial charge in [0.05, 0.1) is 12.2 Å². The minimum atomic E-state index is 0.0304. The molecule has 1 N–H and O–H groups in total. The third kappa shape index (κ3) is 3.89. The summed E-state index contributed by atoms with van der Waals surface area (Å²) in [4.78, 5) is 14.5. The molecule has 0 radical (unpaired) electrons. The van der Waals surface area contributed by atoms with Crippen LogP contribution in [0.25, 0.3) is 0 Å². The molecule has 0 aromatic heterocycles. The van der Waals surface area contributed by atoms with Crippen LogP contribution in [0.3, 0.4) is 0 Å². The Hall–Kier alpha value is -0.220. The van der Waals surface area contributed by atoms with Crippen LogP contribution in [0.2, 0.25) is 0 Å². The Morgan fingerprint density at radius 2 is 2.00 bits per heavy atom. The van der Waals surface area contributed by atoms with Crippen LogP contribution < -0.4 is 5.32 Å². The number of amides is 1. The Kier molecular flexibility index (Phi) is 6.50. The minimum Gasteiger partial charge on any atom is -0.322 e. The Morgan fingerprint density at radius 3 is 2.50 bits per heavy atom. The van der Waals surface area contributed by atoms with Crippen LogP contribution in [-0.2, 0) is 4.79 Å².